The van der Waals surface area contributed by atoms with Crippen molar-refractivity contribution in [2.45, 2.75) is 69.2 Å². The predicted octanol–water partition coefficient (Wildman–Crippen LogP) is 4.52. The predicted molar refractivity (Wildman–Crippen MR) is 99.4 cm³/mol. The third-order valence-corrected chi connectivity index (χ3v) is 6.11. The first-order valence-electron chi connectivity index (χ1n) is 8.59. The van der Waals surface area contributed by atoms with Crippen LogP contribution in [-0.4, -0.2) is 23.3 Å². The fraction of sp³-hybridized carbons (Fsp3) is 0.500. The van der Waals surface area contributed by atoms with Crippen LogP contribution in [0.3, 0.4) is 0 Å². The van der Waals surface area contributed by atoms with Crippen LogP contribution < -0.4 is 0 Å². The molecule has 7 nitrogen and oxygen atoms in total. The zero-order valence-electron chi connectivity index (χ0n) is 15.9. The van der Waals surface area contributed by atoms with Crippen LogP contribution in [0.2, 0.25) is 0 Å². The molecule has 2 rings (SSSR count). The molecule has 0 aliphatic heterocycles. The summed E-state index contributed by atoms with van der Waals surface area (Å²) >= 11 is 0. The second-order valence-electron chi connectivity index (χ2n) is 7.26. The normalized spacial score (nSPS) is 12.3. The van der Waals surface area contributed by atoms with Crippen LogP contribution in [0.15, 0.2) is 28.4 Å². The summed E-state index contributed by atoms with van der Waals surface area (Å²) in [6.45, 7) is 12.1. The van der Waals surface area contributed by atoms with Crippen molar-refractivity contribution in [3.63, 3.8) is 0 Å². The van der Waals surface area contributed by atoms with Gasteiger partial charge in [-0.1, -0.05) is 47.6 Å². The van der Waals surface area contributed by atoms with Crippen molar-refractivity contribution >= 4 is 15.7 Å². The summed E-state index contributed by atoms with van der Waals surface area (Å²) in [6, 6.07) is 3.38. The Balaban J connectivity index is 2.87. The minimum Gasteiger partial charge on any atom is -0.358 e. The molecule has 0 saturated heterocycles. The van der Waals surface area contributed by atoms with Gasteiger partial charge in [-0.3, -0.25) is 0 Å². The minimum atomic E-state index is -4.13. The van der Waals surface area contributed by atoms with Crippen LogP contribution >= 0.6 is 0 Å². The molecular weight excluding hydrogens is 354 g/mol. The Hall–Kier alpha value is -2.22. The van der Waals surface area contributed by atoms with Gasteiger partial charge in [0.15, 0.2) is 6.33 Å². The fourth-order valence-corrected chi connectivity index (χ4v) is 4.99. The first-order chi connectivity index (χ1) is 12.0. The van der Waals surface area contributed by atoms with Crippen molar-refractivity contribution < 1.29 is 13.3 Å². The number of hydrogen-bond donors (Lipinski definition) is 1. The molecule has 1 N–H and O–H groups in total. The molecule has 0 saturated carbocycles. The molecule has 1 aromatic carbocycles. The number of benzene rings is 1. The van der Waals surface area contributed by atoms with Gasteiger partial charge < -0.3 is 10.1 Å². The standard InChI is InChI=1S/C18H25N3O4S/c1-10(2)13-7-8-14(16(12(5)6)15(13)11(3)4)26(24,25)18-17(21(22)23)19-9-20-18/h7-12H,1-6H3,(H,19,20). The van der Waals surface area contributed by atoms with Crippen molar-refractivity contribution in [1.29, 1.82) is 0 Å². The highest BCUT2D eigenvalue weighted by atomic mass is 32.2. The fourth-order valence-electron chi connectivity index (χ4n) is 3.32. The molecule has 0 radical (unpaired) electrons. The second-order valence-corrected chi connectivity index (χ2v) is 9.09. The van der Waals surface area contributed by atoms with Gasteiger partial charge in [-0.05, 0) is 45.4 Å². The van der Waals surface area contributed by atoms with Crippen molar-refractivity contribution in [2.24, 2.45) is 0 Å². The van der Waals surface area contributed by atoms with E-state index in [2.05, 4.69) is 23.8 Å². The van der Waals surface area contributed by atoms with Crippen LogP contribution in [0.1, 0.15) is 76.0 Å². The third kappa shape index (κ3) is 3.38. The number of nitrogens with one attached hydrogen (secondary N) is 1. The molecular formula is C18H25N3O4S. The van der Waals surface area contributed by atoms with Gasteiger partial charge in [0.25, 0.3) is 5.03 Å². The van der Waals surface area contributed by atoms with E-state index in [1.54, 1.807) is 6.07 Å². The maximum Gasteiger partial charge on any atom is 0.360 e. The second kappa shape index (κ2) is 7.19. The number of aromatic amines is 1. The van der Waals surface area contributed by atoms with E-state index in [0.29, 0.717) is 5.56 Å². The van der Waals surface area contributed by atoms with E-state index in [1.807, 2.05) is 33.8 Å². The topological polar surface area (TPSA) is 106 Å². The maximum atomic E-state index is 13.2. The lowest BCUT2D eigenvalue weighted by molar-refractivity contribution is -0.392. The van der Waals surface area contributed by atoms with E-state index >= 15 is 0 Å². The van der Waals surface area contributed by atoms with Gasteiger partial charge in [0.05, 0.1) is 4.90 Å². The summed E-state index contributed by atoms with van der Waals surface area (Å²) in [5.74, 6) is -0.317. The molecule has 0 fully saturated rings. The number of H-pyrrole nitrogens is 1. The first kappa shape index (κ1) is 20.1. The lowest BCUT2D eigenvalue weighted by atomic mass is 9.83. The molecule has 142 valence electrons. The van der Waals surface area contributed by atoms with E-state index in [0.717, 1.165) is 17.5 Å². The number of nitro groups is 1. The third-order valence-electron chi connectivity index (χ3n) is 4.37. The number of rotatable bonds is 6. The molecule has 0 amide bonds. The van der Waals surface area contributed by atoms with Crippen molar-refractivity contribution in [3.05, 3.63) is 45.3 Å². The molecule has 0 unspecified atom stereocenters. The number of aromatic nitrogens is 2. The summed E-state index contributed by atoms with van der Waals surface area (Å²) in [7, 11) is -4.13. The van der Waals surface area contributed by atoms with Crippen LogP contribution in [-0.2, 0) is 9.84 Å². The number of nitrogens with zero attached hydrogens (tertiary/aromatic N) is 2. The molecule has 0 aliphatic rings. The van der Waals surface area contributed by atoms with Crippen molar-refractivity contribution in [2.75, 3.05) is 0 Å². The maximum absolute atomic E-state index is 13.2. The van der Waals surface area contributed by atoms with Gasteiger partial charge in [-0.25, -0.2) is 13.4 Å². The van der Waals surface area contributed by atoms with E-state index in [-0.39, 0.29) is 22.6 Å². The van der Waals surface area contributed by atoms with Gasteiger partial charge >= 0.3 is 5.82 Å². The van der Waals surface area contributed by atoms with E-state index in [4.69, 9.17) is 0 Å². The van der Waals surface area contributed by atoms with Gasteiger partial charge in [-0.2, -0.15) is 4.98 Å². The molecule has 2 aromatic rings. The Bertz CT molecular complexity index is 928. The number of sulfone groups is 1. The molecule has 8 heteroatoms. The first-order valence-corrected chi connectivity index (χ1v) is 10.1. The van der Waals surface area contributed by atoms with Crippen LogP contribution in [0, 0.1) is 10.1 Å². The van der Waals surface area contributed by atoms with Gasteiger partial charge in [0.1, 0.15) is 0 Å². The molecule has 0 spiro atoms. The Morgan fingerprint density at radius 1 is 1.00 bits per heavy atom. The lowest BCUT2D eigenvalue weighted by Crippen LogP contribution is -2.14. The summed E-state index contributed by atoms with van der Waals surface area (Å²) in [5, 5.41) is 10.6. The van der Waals surface area contributed by atoms with Crippen molar-refractivity contribution in [1.82, 2.24) is 9.97 Å². The summed E-state index contributed by atoms with van der Waals surface area (Å²) in [6.07, 6.45) is 1.03. The van der Waals surface area contributed by atoms with Gasteiger partial charge in [-0.15, -0.1) is 0 Å². The highest BCUT2D eigenvalue weighted by Gasteiger charge is 2.34. The zero-order chi connectivity index (χ0) is 19.8. The Labute approximate surface area is 153 Å². The number of hydrogen-bond acceptors (Lipinski definition) is 5. The largest absolute Gasteiger partial charge is 0.360 e. The molecule has 1 aromatic heterocycles. The minimum absolute atomic E-state index is 0.0612. The Morgan fingerprint density at radius 2 is 1.58 bits per heavy atom. The number of imidazole rings is 1. The van der Waals surface area contributed by atoms with E-state index in [9.17, 15) is 18.5 Å². The summed E-state index contributed by atoms with van der Waals surface area (Å²) < 4.78 is 26.4. The highest BCUT2D eigenvalue weighted by molar-refractivity contribution is 7.91. The summed E-state index contributed by atoms with van der Waals surface area (Å²) in [4.78, 5) is 16.5. The average molecular weight is 379 g/mol. The lowest BCUT2D eigenvalue weighted by Gasteiger charge is -2.25. The van der Waals surface area contributed by atoms with Crippen LogP contribution in [0.25, 0.3) is 0 Å². The average Bonchev–Trinajstić information content (AvgIpc) is 3.03. The van der Waals surface area contributed by atoms with E-state index < -0.39 is 25.6 Å². The summed E-state index contributed by atoms with van der Waals surface area (Å²) in [5.41, 5.74) is 2.80. The zero-order valence-corrected chi connectivity index (χ0v) is 16.7. The Morgan fingerprint density at radius 3 is 2.04 bits per heavy atom. The monoisotopic (exact) mass is 379 g/mol. The van der Waals surface area contributed by atoms with Crippen LogP contribution in [0.5, 0.6) is 0 Å². The smallest absolute Gasteiger partial charge is 0.358 e. The van der Waals surface area contributed by atoms with E-state index in [1.165, 1.54) is 0 Å². The van der Waals surface area contributed by atoms with Crippen molar-refractivity contribution in [3.8, 4) is 0 Å². The Kier molecular flexibility index (Phi) is 5.55. The van der Waals surface area contributed by atoms with Gasteiger partial charge in [0.2, 0.25) is 9.84 Å². The van der Waals surface area contributed by atoms with Crippen LogP contribution in [0.4, 0.5) is 5.82 Å². The molecule has 0 aliphatic carbocycles. The SMILES string of the molecule is CC(C)c1ccc(S(=O)(=O)c2nc[nH]c2[N+](=O)[O-])c(C(C)C)c1C(C)C. The quantitative estimate of drug-likeness (QED) is 0.586. The molecule has 1 heterocycles. The highest BCUT2D eigenvalue weighted by Crippen LogP contribution is 2.39. The molecule has 0 bridgehead atoms. The van der Waals surface area contributed by atoms with Gasteiger partial charge in [0, 0.05) is 0 Å². The molecule has 26 heavy (non-hydrogen) atoms. The molecule has 0 atom stereocenters.